The lowest BCUT2D eigenvalue weighted by Gasteiger charge is -2.25. The minimum absolute atomic E-state index is 0.126. The Morgan fingerprint density at radius 2 is 0.573 bits per heavy atom. The number of esters is 6. The van der Waals surface area contributed by atoms with Gasteiger partial charge in [0, 0.05) is 34.6 Å². The highest BCUT2D eigenvalue weighted by atomic mass is 32.1. The first-order valence-electron chi connectivity index (χ1n) is 42.4. The molecule has 0 fully saturated rings. The number of allylic oxidation sites excluding steroid dienone is 3. The highest BCUT2D eigenvalue weighted by molar-refractivity contribution is 7.07. The van der Waals surface area contributed by atoms with Crippen LogP contribution in [0.15, 0.2) is 191 Å². The molecule has 12 rings (SSSR count). The largest absolute Gasteiger partial charge is 0.494 e. The van der Waals surface area contributed by atoms with Crippen molar-refractivity contribution in [3.05, 3.63) is 254 Å². The third-order valence-electron chi connectivity index (χ3n) is 18.3. The molecule has 3 unspecified atom stereocenters. The molecule has 3 aliphatic rings. The average molecular weight is 1860 g/mol. The lowest BCUT2D eigenvalue weighted by atomic mass is 9.95. The van der Waals surface area contributed by atoms with Crippen LogP contribution in [0.2, 0.25) is 0 Å². The van der Waals surface area contributed by atoms with Crippen LogP contribution in [0.4, 0.5) is 0 Å². The summed E-state index contributed by atoms with van der Waals surface area (Å²) in [6.45, 7) is 37.5. The van der Waals surface area contributed by atoms with E-state index in [0.29, 0.717) is 119 Å². The van der Waals surface area contributed by atoms with Crippen LogP contribution in [-0.2, 0) is 52.6 Å². The monoisotopic (exact) mass is 1850 g/mol. The summed E-state index contributed by atoms with van der Waals surface area (Å²) in [6.07, 6.45) is 5.38. The SMILES string of the molecule is CC(=O)O.CC(=O)O.CCOc1ccc(/C=c2/sc3n(c2=O)C(c2ccc(OC(C)=O)c(OCC)c2)C(C(=O)OCC(C)C)=C(C)N=3)cc1.CCOc1ccc(/C=c2/sc3n(c2=O)C(c2ccc(OC(C)=O)c(OCC)c2)C(C(=O)OCC(C)C)=C(C)N=3)cc1.CCOc1ccc(/C=c2/sc3n(c2=O)C(c2ccc(OC(C)=O)c(OCC)c2)C(C(=O)OCC(C)C)=C(C)N=3)cc1. The second-order valence-corrected chi connectivity index (χ2v) is 33.5. The van der Waals surface area contributed by atoms with Gasteiger partial charge in [-0.25, -0.2) is 29.4 Å². The topological polar surface area (TPSA) is 391 Å². The van der Waals surface area contributed by atoms with Gasteiger partial charge in [0.05, 0.1) is 125 Å². The Bertz CT molecular complexity index is 5760. The molecule has 0 bridgehead atoms. The van der Waals surface area contributed by atoms with Crippen molar-refractivity contribution in [1.29, 1.82) is 0 Å². The minimum Gasteiger partial charge on any atom is -0.494 e. The van der Waals surface area contributed by atoms with Gasteiger partial charge in [-0.05, 0) is 204 Å². The summed E-state index contributed by atoms with van der Waals surface area (Å²) in [6, 6.07) is 34.9. The summed E-state index contributed by atoms with van der Waals surface area (Å²) in [5.41, 5.74) is 5.50. The number of hydrogen-bond donors (Lipinski definition) is 2. The smallest absolute Gasteiger partial charge is 0.338 e. The number of carbonyl (C=O) groups excluding carboxylic acids is 6. The molecule has 0 saturated heterocycles. The van der Waals surface area contributed by atoms with Gasteiger partial charge < -0.3 is 67.1 Å². The van der Waals surface area contributed by atoms with Gasteiger partial charge in [0.2, 0.25) is 0 Å². The average Bonchev–Trinajstić information content (AvgIpc) is 1.64. The zero-order valence-corrected chi connectivity index (χ0v) is 79.3. The third kappa shape index (κ3) is 28.2. The van der Waals surface area contributed by atoms with Crippen LogP contribution in [0.25, 0.3) is 18.2 Å². The first-order chi connectivity index (χ1) is 62.3. The number of ether oxygens (including phenoxy) is 12. The third-order valence-corrected chi connectivity index (χ3v) is 21.3. The summed E-state index contributed by atoms with van der Waals surface area (Å²) in [7, 11) is 0. The van der Waals surface area contributed by atoms with Crippen molar-refractivity contribution in [3.63, 3.8) is 0 Å². The number of aliphatic carboxylic acids is 2. The number of carbonyl (C=O) groups is 8. The molecule has 0 saturated carbocycles. The van der Waals surface area contributed by atoms with Gasteiger partial charge in [-0.1, -0.05) is 130 Å². The number of thiazole rings is 3. The van der Waals surface area contributed by atoms with E-state index in [1.807, 2.05) is 156 Å². The first-order valence-corrected chi connectivity index (χ1v) is 44.8. The predicted octanol–water partition coefficient (Wildman–Crippen LogP) is 12.7. The number of nitrogens with zero attached hydrogens (tertiary/aromatic N) is 6. The quantitative estimate of drug-likeness (QED) is 0.0240. The summed E-state index contributed by atoms with van der Waals surface area (Å²) < 4.78 is 72.6. The summed E-state index contributed by atoms with van der Waals surface area (Å²) in [5.74, 6) is -0.475. The van der Waals surface area contributed by atoms with Crippen molar-refractivity contribution in [2.75, 3.05) is 59.5 Å². The van der Waals surface area contributed by atoms with Crippen molar-refractivity contribution in [3.8, 4) is 51.7 Å². The van der Waals surface area contributed by atoms with Crippen molar-refractivity contribution < 1.29 is 105 Å². The van der Waals surface area contributed by atoms with Crippen LogP contribution in [0, 0.1) is 17.8 Å². The van der Waals surface area contributed by atoms with E-state index in [2.05, 4.69) is 15.0 Å². The van der Waals surface area contributed by atoms with Gasteiger partial charge in [-0.15, -0.1) is 0 Å². The molecule has 3 atom stereocenters. The van der Waals surface area contributed by atoms with E-state index in [1.165, 1.54) is 68.5 Å². The van der Waals surface area contributed by atoms with E-state index in [9.17, 15) is 43.2 Å². The van der Waals surface area contributed by atoms with E-state index in [0.717, 1.165) is 47.8 Å². The van der Waals surface area contributed by atoms with Crippen molar-refractivity contribution in [1.82, 2.24) is 13.7 Å². The van der Waals surface area contributed by atoms with Gasteiger partial charge in [0.25, 0.3) is 28.6 Å². The van der Waals surface area contributed by atoms with Crippen LogP contribution < -0.4 is 87.3 Å². The molecule has 3 aromatic heterocycles. The molecule has 0 spiro atoms. The Labute approximate surface area is 768 Å². The molecule has 34 heteroatoms. The molecule has 0 amide bonds. The molecule has 0 radical (unpaired) electrons. The Morgan fingerprint density at radius 1 is 0.351 bits per heavy atom. The standard InChI is InChI=1S/3C31H34N2O7S.2C2H4O2/c3*1-7-37-23-12-9-21(10-13-23)15-26-29(35)33-28(22-11-14-24(40-20(6)34)25(16-22)38-8-2)27(19(5)32-31(33)41-26)30(36)39-17-18(3)4;2*1-2(3)4/h3*9-16,18,28H,7-8,17H2,1-6H3;2*1H3,(H,3,4)/b3*26-15+;;. The summed E-state index contributed by atoms with van der Waals surface area (Å²) in [4.78, 5) is 150. The molecule has 6 heterocycles. The van der Waals surface area contributed by atoms with Crippen LogP contribution in [-0.4, -0.2) is 131 Å². The van der Waals surface area contributed by atoms with Crippen molar-refractivity contribution >= 4 is 100.0 Å². The second kappa shape index (κ2) is 48.7. The Hall–Kier alpha value is -13.6. The van der Waals surface area contributed by atoms with Crippen molar-refractivity contribution in [2.24, 2.45) is 32.7 Å². The molecule has 696 valence electrons. The van der Waals surface area contributed by atoms with E-state index >= 15 is 0 Å². The molecule has 31 nitrogen and oxygen atoms in total. The molecular formula is C97H110N6O25S3. The molecule has 131 heavy (non-hydrogen) atoms. The van der Waals surface area contributed by atoms with Crippen molar-refractivity contribution in [2.45, 2.75) is 157 Å². The fourth-order valence-corrected chi connectivity index (χ4v) is 16.3. The lowest BCUT2D eigenvalue weighted by molar-refractivity contribution is -0.141. The van der Waals surface area contributed by atoms with E-state index < -0.39 is 65.9 Å². The van der Waals surface area contributed by atoms with Gasteiger partial charge in [0.1, 0.15) is 17.2 Å². The molecule has 0 aliphatic carbocycles. The highest BCUT2D eigenvalue weighted by Crippen LogP contribution is 2.41. The normalized spacial score (nSPS) is 14.4. The maximum Gasteiger partial charge on any atom is 0.338 e. The van der Waals surface area contributed by atoms with Crippen LogP contribution in [0.3, 0.4) is 0 Å². The van der Waals surface area contributed by atoms with E-state index in [4.69, 9.17) is 76.6 Å². The first kappa shape index (κ1) is 103. The molecule has 9 aromatic rings. The summed E-state index contributed by atoms with van der Waals surface area (Å²) in [5, 5.41) is 14.8. The number of fused-ring (bicyclic) bond motifs is 3. The Balaban J connectivity index is 0.000000232. The Morgan fingerprint density at radius 3 is 0.771 bits per heavy atom. The van der Waals surface area contributed by atoms with Crippen LogP contribution >= 0.6 is 34.0 Å². The van der Waals surface area contributed by atoms with Crippen LogP contribution in [0.5, 0.6) is 51.7 Å². The predicted molar refractivity (Wildman–Crippen MR) is 495 cm³/mol. The number of aromatic nitrogens is 3. The molecule has 6 aromatic carbocycles. The maximum absolute atomic E-state index is 13.9. The number of rotatable bonds is 30. The van der Waals surface area contributed by atoms with Crippen LogP contribution in [0.1, 0.15) is 190 Å². The molecule has 2 N–H and O–H groups in total. The lowest BCUT2D eigenvalue weighted by Crippen LogP contribution is -2.40. The van der Waals surface area contributed by atoms with Gasteiger partial charge in [0.15, 0.2) is 48.9 Å². The zero-order chi connectivity index (χ0) is 96.2. The summed E-state index contributed by atoms with van der Waals surface area (Å²) >= 11 is 3.72. The minimum atomic E-state index is -0.834. The number of carboxylic acids is 2. The maximum atomic E-state index is 13.9. The van der Waals surface area contributed by atoms with E-state index in [-0.39, 0.29) is 88.2 Å². The Kier molecular flexibility index (Phi) is 38.2. The number of carboxylic acid groups (broad SMARTS) is 2. The van der Waals surface area contributed by atoms with E-state index in [1.54, 1.807) is 93.6 Å². The zero-order valence-electron chi connectivity index (χ0n) is 76.9. The molecule has 3 aliphatic heterocycles. The van der Waals surface area contributed by atoms with Gasteiger partial charge >= 0.3 is 35.8 Å². The van der Waals surface area contributed by atoms with Gasteiger partial charge in [-0.3, -0.25) is 52.1 Å². The fraction of sp³-hybridized carbons (Fsp3) is 0.361. The number of hydrogen-bond acceptors (Lipinski definition) is 29. The molecular weight excluding hydrogens is 1750 g/mol. The van der Waals surface area contributed by atoms with Gasteiger partial charge in [-0.2, -0.15) is 0 Å². The highest BCUT2D eigenvalue weighted by Gasteiger charge is 2.38. The fourth-order valence-electron chi connectivity index (χ4n) is 13.2. The second-order valence-electron chi connectivity index (χ2n) is 30.5. The number of benzene rings is 6.